The molecular weight excluding hydrogens is 327 g/mol. The number of aliphatic carboxylic acids is 1. The summed E-state index contributed by atoms with van der Waals surface area (Å²) in [6.07, 6.45) is -4.48. The summed E-state index contributed by atoms with van der Waals surface area (Å²) in [7, 11) is 0. The summed E-state index contributed by atoms with van der Waals surface area (Å²) >= 11 is 0. The van der Waals surface area contributed by atoms with Crippen LogP contribution in [0, 0.1) is 23.2 Å². The molecule has 0 radical (unpaired) electrons. The van der Waals surface area contributed by atoms with Crippen molar-refractivity contribution in [3.63, 3.8) is 0 Å². The van der Waals surface area contributed by atoms with Crippen molar-refractivity contribution in [2.24, 2.45) is 11.8 Å². The largest absolute Gasteiger partial charge is 0.481 e. The van der Waals surface area contributed by atoms with Crippen LogP contribution >= 0.6 is 0 Å². The van der Waals surface area contributed by atoms with Gasteiger partial charge in [0.2, 0.25) is 0 Å². The zero-order valence-electron chi connectivity index (χ0n) is 12.4. The Kier molecular flexibility index (Phi) is 4.97. The third kappa shape index (κ3) is 3.95. The van der Waals surface area contributed by atoms with Crippen LogP contribution in [-0.4, -0.2) is 41.3 Å². The number of halogens is 3. The van der Waals surface area contributed by atoms with Gasteiger partial charge in [-0.25, -0.2) is 4.79 Å². The number of nitrogens with zero attached hydrogens (tertiary/aromatic N) is 2. The first-order chi connectivity index (χ1) is 11.2. The monoisotopic (exact) mass is 341 g/mol. The SMILES string of the molecule is N#CCc1ccc(NC(=O)N2C[C@@H](C(F)(F)F)[C@H](C(=O)O)C2)cc1. The number of carbonyl (C=O) groups excluding carboxylic acids is 1. The lowest BCUT2D eigenvalue weighted by atomic mass is 9.96. The summed E-state index contributed by atoms with van der Waals surface area (Å²) in [6.45, 7) is -1.20. The first-order valence-corrected chi connectivity index (χ1v) is 7.03. The highest BCUT2D eigenvalue weighted by Gasteiger charge is 2.53. The number of carboxylic acids is 1. The number of likely N-dealkylation sites (tertiary alicyclic amines) is 1. The molecule has 6 nitrogen and oxygen atoms in total. The van der Waals surface area contributed by atoms with Crippen LogP contribution in [0.4, 0.5) is 23.7 Å². The second-order valence-corrected chi connectivity index (χ2v) is 5.46. The van der Waals surface area contributed by atoms with E-state index in [2.05, 4.69) is 5.32 Å². The van der Waals surface area contributed by atoms with Gasteiger partial charge < -0.3 is 15.3 Å². The number of amides is 2. The maximum Gasteiger partial charge on any atom is 0.394 e. The normalized spacial score (nSPS) is 20.5. The molecule has 128 valence electrons. The number of hydrogen-bond donors (Lipinski definition) is 2. The number of hydrogen-bond acceptors (Lipinski definition) is 3. The van der Waals surface area contributed by atoms with Gasteiger partial charge in [0.05, 0.1) is 24.3 Å². The van der Waals surface area contributed by atoms with Gasteiger partial charge in [0.15, 0.2) is 0 Å². The van der Waals surface area contributed by atoms with E-state index >= 15 is 0 Å². The fourth-order valence-corrected chi connectivity index (χ4v) is 2.55. The Morgan fingerprint density at radius 2 is 1.92 bits per heavy atom. The molecule has 9 heteroatoms. The quantitative estimate of drug-likeness (QED) is 0.883. The van der Waals surface area contributed by atoms with Gasteiger partial charge in [-0.1, -0.05) is 12.1 Å². The van der Waals surface area contributed by atoms with Gasteiger partial charge >= 0.3 is 18.2 Å². The summed E-state index contributed by atoms with van der Waals surface area (Å²) in [4.78, 5) is 23.9. The first kappa shape index (κ1) is 17.6. The number of carboxylic acid groups (broad SMARTS) is 1. The summed E-state index contributed by atoms with van der Waals surface area (Å²) in [6, 6.07) is 7.45. The highest BCUT2D eigenvalue weighted by molar-refractivity contribution is 5.90. The van der Waals surface area contributed by atoms with Crippen LogP contribution < -0.4 is 5.32 Å². The molecule has 1 aliphatic rings. The molecule has 0 aromatic heterocycles. The van der Waals surface area contributed by atoms with Crippen molar-refractivity contribution in [1.82, 2.24) is 4.90 Å². The van der Waals surface area contributed by atoms with Crippen LogP contribution in [-0.2, 0) is 11.2 Å². The minimum absolute atomic E-state index is 0.202. The molecule has 0 saturated carbocycles. The molecular formula is C15H14F3N3O3. The van der Waals surface area contributed by atoms with Gasteiger partial charge in [-0.2, -0.15) is 18.4 Å². The number of urea groups is 1. The average molecular weight is 341 g/mol. The van der Waals surface area contributed by atoms with Crippen molar-refractivity contribution >= 4 is 17.7 Å². The number of nitriles is 1. The fraction of sp³-hybridized carbons (Fsp3) is 0.400. The van der Waals surface area contributed by atoms with Crippen LogP contribution in [0.2, 0.25) is 0 Å². The van der Waals surface area contributed by atoms with Gasteiger partial charge in [0.1, 0.15) is 0 Å². The molecule has 2 N–H and O–H groups in total. The van der Waals surface area contributed by atoms with Crippen LogP contribution in [0.5, 0.6) is 0 Å². The molecule has 1 aromatic carbocycles. The third-order valence-electron chi connectivity index (χ3n) is 3.83. The van der Waals surface area contributed by atoms with E-state index in [0.29, 0.717) is 5.69 Å². The predicted molar refractivity (Wildman–Crippen MR) is 77.0 cm³/mol. The lowest BCUT2D eigenvalue weighted by molar-refractivity contribution is -0.187. The minimum atomic E-state index is -4.68. The van der Waals surface area contributed by atoms with E-state index in [1.165, 1.54) is 12.1 Å². The van der Waals surface area contributed by atoms with E-state index in [1.54, 1.807) is 12.1 Å². The smallest absolute Gasteiger partial charge is 0.394 e. The topological polar surface area (TPSA) is 93.4 Å². The maximum atomic E-state index is 12.9. The Balaban J connectivity index is 2.05. The number of rotatable bonds is 3. The van der Waals surface area contributed by atoms with E-state index in [4.69, 9.17) is 10.4 Å². The van der Waals surface area contributed by atoms with Crippen LogP contribution in [0.25, 0.3) is 0 Å². The third-order valence-corrected chi connectivity index (χ3v) is 3.83. The standard InChI is InChI=1S/C15H14F3N3O3/c16-15(17,18)12-8-21(7-11(12)13(22)23)14(24)20-10-3-1-9(2-4-10)5-6-19/h1-4,11-12H,5,7-8H2,(H,20,24)(H,22,23)/t11-,12-/m1/s1. The first-order valence-electron chi connectivity index (χ1n) is 7.03. The van der Waals surface area contributed by atoms with E-state index in [9.17, 15) is 22.8 Å². The molecule has 1 aliphatic heterocycles. The fourth-order valence-electron chi connectivity index (χ4n) is 2.55. The predicted octanol–water partition coefficient (Wildman–Crippen LogP) is 2.48. The molecule has 0 spiro atoms. The summed E-state index contributed by atoms with van der Waals surface area (Å²) < 4.78 is 38.7. The molecule has 2 rings (SSSR count). The molecule has 2 amide bonds. The molecule has 24 heavy (non-hydrogen) atoms. The zero-order chi connectivity index (χ0) is 17.9. The van der Waals surface area contributed by atoms with Crippen molar-refractivity contribution in [3.05, 3.63) is 29.8 Å². The molecule has 1 fully saturated rings. The summed E-state index contributed by atoms with van der Waals surface area (Å²) in [5.74, 6) is -5.33. The second kappa shape index (κ2) is 6.78. The van der Waals surface area contributed by atoms with Crippen molar-refractivity contribution in [2.45, 2.75) is 12.6 Å². The van der Waals surface area contributed by atoms with Crippen LogP contribution in [0.15, 0.2) is 24.3 Å². The van der Waals surface area contributed by atoms with Crippen LogP contribution in [0.3, 0.4) is 0 Å². The van der Waals surface area contributed by atoms with E-state index in [0.717, 1.165) is 10.5 Å². The van der Waals surface area contributed by atoms with Crippen LogP contribution in [0.1, 0.15) is 5.56 Å². The Hall–Kier alpha value is -2.76. The lowest BCUT2D eigenvalue weighted by Gasteiger charge is -2.18. The van der Waals surface area contributed by atoms with E-state index < -0.39 is 43.1 Å². The molecule has 0 aliphatic carbocycles. The van der Waals surface area contributed by atoms with Gasteiger partial charge in [-0.15, -0.1) is 0 Å². The molecule has 1 saturated heterocycles. The highest BCUT2D eigenvalue weighted by atomic mass is 19.4. The number of nitrogens with one attached hydrogen (secondary N) is 1. The number of alkyl halides is 3. The molecule has 1 heterocycles. The number of benzene rings is 1. The average Bonchev–Trinajstić information content (AvgIpc) is 2.95. The van der Waals surface area contributed by atoms with Crippen molar-refractivity contribution in [2.75, 3.05) is 18.4 Å². The van der Waals surface area contributed by atoms with Gasteiger partial charge in [-0.3, -0.25) is 4.79 Å². The molecule has 0 bridgehead atoms. The van der Waals surface area contributed by atoms with Crippen molar-refractivity contribution in [1.29, 1.82) is 5.26 Å². The zero-order valence-corrected chi connectivity index (χ0v) is 12.4. The van der Waals surface area contributed by atoms with Gasteiger partial charge in [0, 0.05) is 18.8 Å². The summed E-state index contributed by atoms with van der Waals surface area (Å²) in [5, 5.41) is 19.9. The minimum Gasteiger partial charge on any atom is -0.481 e. The Morgan fingerprint density at radius 3 is 2.38 bits per heavy atom. The lowest BCUT2D eigenvalue weighted by Crippen LogP contribution is -2.35. The number of anilines is 1. The second-order valence-electron chi connectivity index (χ2n) is 5.46. The van der Waals surface area contributed by atoms with Gasteiger partial charge in [-0.05, 0) is 17.7 Å². The molecule has 0 unspecified atom stereocenters. The molecule has 1 aromatic rings. The maximum absolute atomic E-state index is 12.9. The summed E-state index contributed by atoms with van der Waals surface area (Å²) in [5.41, 5.74) is 1.09. The molecule has 2 atom stereocenters. The Labute approximate surface area is 135 Å². The van der Waals surface area contributed by atoms with E-state index in [-0.39, 0.29) is 6.42 Å². The number of carbonyl (C=O) groups is 2. The highest BCUT2D eigenvalue weighted by Crippen LogP contribution is 2.37. The van der Waals surface area contributed by atoms with Crippen molar-refractivity contribution < 1.29 is 27.9 Å². The Bertz CT molecular complexity index is 667. The van der Waals surface area contributed by atoms with E-state index in [1.807, 2.05) is 6.07 Å². The van der Waals surface area contributed by atoms with Gasteiger partial charge in [0.25, 0.3) is 0 Å². The Morgan fingerprint density at radius 1 is 1.29 bits per heavy atom. The van der Waals surface area contributed by atoms with Crippen molar-refractivity contribution in [3.8, 4) is 6.07 Å².